The number of anilines is 1. The Morgan fingerprint density at radius 2 is 2.19 bits per heavy atom. The highest BCUT2D eigenvalue weighted by atomic mass is 35.5. The Morgan fingerprint density at radius 3 is 2.92 bits per heavy atom. The number of carbonyl (C=O) groups excluding carboxylic acids is 1. The molecule has 1 saturated heterocycles. The van der Waals surface area contributed by atoms with E-state index in [2.05, 4.69) is 10.3 Å². The Bertz CT molecular complexity index is 1180. The van der Waals surface area contributed by atoms with Crippen molar-refractivity contribution in [3.63, 3.8) is 0 Å². The van der Waals surface area contributed by atoms with E-state index >= 15 is 0 Å². The summed E-state index contributed by atoms with van der Waals surface area (Å²) in [6, 6.07) is 7.37. The van der Waals surface area contributed by atoms with Gasteiger partial charge in [0.25, 0.3) is 5.91 Å². The molecule has 1 atom stereocenters. The molecular weight excluding hydrogens is 500 g/mol. The number of carbonyl (C=O) groups is 1. The van der Waals surface area contributed by atoms with Gasteiger partial charge in [-0.1, -0.05) is 29.9 Å². The van der Waals surface area contributed by atoms with Crippen molar-refractivity contribution in [3.8, 4) is 5.75 Å². The second kappa shape index (κ2) is 11.1. The van der Waals surface area contributed by atoms with Crippen molar-refractivity contribution in [3.05, 3.63) is 64.1 Å². The lowest BCUT2D eigenvalue weighted by Gasteiger charge is -2.34. The van der Waals surface area contributed by atoms with Gasteiger partial charge in [0.15, 0.2) is 0 Å². The average Bonchev–Trinajstić information content (AvgIpc) is 2.84. The van der Waals surface area contributed by atoms with Gasteiger partial charge in [0.2, 0.25) is 0 Å². The predicted octanol–water partition coefficient (Wildman–Crippen LogP) is 3.68. The second-order valence-electron chi connectivity index (χ2n) is 9.46. The summed E-state index contributed by atoms with van der Waals surface area (Å²) in [5.74, 6) is 0.388. The highest BCUT2D eigenvalue weighted by Crippen LogP contribution is 2.31. The first-order valence-electron chi connectivity index (χ1n) is 11.8. The maximum atomic E-state index is 13.4. The molecule has 0 aliphatic carbocycles. The number of hydrogen-bond donors (Lipinski definition) is 2. The highest BCUT2D eigenvalue weighted by molar-refractivity contribution is 7.80. The van der Waals surface area contributed by atoms with Crippen LogP contribution in [0.4, 0.5) is 5.69 Å². The van der Waals surface area contributed by atoms with Crippen LogP contribution in [-0.2, 0) is 20.8 Å². The van der Waals surface area contributed by atoms with E-state index in [-0.39, 0.29) is 22.6 Å². The molecule has 36 heavy (non-hydrogen) atoms. The number of thiocarbonyl (C=S) groups is 1. The Kier molecular flexibility index (Phi) is 8.14. The minimum Gasteiger partial charge on any atom is -0.489 e. The molecule has 1 fully saturated rings. The number of nitrogens with zero attached hydrogens (tertiary/aromatic N) is 2. The molecule has 10 heteroatoms. The summed E-state index contributed by atoms with van der Waals surface area (Å²) >= 11 is 11.5. The van der Waals surface area contributed by atoms with E-state index < -0.39 is 0 Å². The lowest BCUT2D eigenvalue weighted by atomic mass is 10.0. The average molecular weight is 531 g/mol. The fourth-order valence-corrected chi connectivity index (χ4v) is 4.54. The van der Waals surface area contributed by atoms with Gasteiger partial charge in [-0.2, -0.15) is 0 Å². The van der Waals surface area contributed by atoms with Gasteiger partial charge >= 0.3 is 0 Å². The molecule has 3 N–H and O–H groups in total. The molecule has 1 aromatic heterocycles. The van der Waals surface area contributed by atoms with Crippen molar-refractivity contribution in [1.82, 2.24) is 10.3 Å². The van der Waals surface area contributed by atoms with Crippen LogP contribution < -0.4 is 20.7 Å². The summed E-state index contributed by atoms with van der Waals surface area (Å²) in [6.07, 6.45) is 3.78. The van der Waals surface area contributed by atoms with Gasteiger partial charge in [0.05, 0.1) is 30.6 Å². The van der Waals surface area contributed by atoms with Crippen LogP contribution in [0.5, 0.6) is 5.75 Å². The van der Waals surface area contributed by atoms with Gasteiger partial charge in [-0.05, 0) is 44.5 Å². The van der Waals surface area contributed by atoms with Gasteiger partial charge < -0.3 is 30.2 Å². The van der Waals surface area contributed by atoms with Crippen LogP contribution in [-0.4, -0.2) is 54.0 Å². The van der Waals surface area contributed by atoms with Crippen LogP contribution in [0.1, 0.15) is 31.4 Å². The molecule has 4 rings (SSSR count). The minimum absolute atomic E-state index is 0.0513. The number of hydrogen-bond acceptors (Lipinski definition) is 7. The third-order valence-electron chi connectivity index (χ3n) is 6.24. The molecule has 3 heterocycles. The van der Waals surface area contributed by atoms with Gasteiger partial charge in [-0.3, -0.25) is 9.78 Å². The molecule has 192 valence electrons. The Morgan fingerprint density at radius 1 is 1.39 bits per heavy atom. The summed E-state index contributed by atoms with van der Waals surface area (Å²) in [4.78, 5) is 19.3. The lowest BCUT2D eigenvalue weighted by molar-refractivity contribution is -0.181. The van der Waals surface area contributed by atoms with Crippen LogP contribution in [0.2, 0.25) is 5.02 Å². The summed E-state index contributed by atoms with van der Waals surface area (Å²) in [5.41, 5.74) is 9.21. The van der Waals surface area contributed by atoms with E-state index in [9.17, 15) is 4.79 Å². The van der Waals surface area contributed by atoms with Gasteiger partial charge in [0, 0.05) is 47.7 Å². The van der Waals surface area contributed by atoms with E-state index in [0.29, 0.717) is 61.4 Å². The first kappa shape index (κ1) is 26.3. The number of halogens is 1. The maximum absolute atomic E-state index is 13.4. The zero-order chi connectivity index (χ0) is 25.9. The smallest absolute Gasteiger partial charge is 0.263 e. The quantitative estimate of drug-likeness (QED) is 0.499. The first-order chi connectivity index (χ1) is 17.2. The summed E-state index contributed by atoms with van der Waals surface area (Å²) in [5, 5.41) is 3.96. The second-order valence-corrected chi connectivity index (χ2v) is 10.3. The van der Waals surface area contributed by atoms with Crippen LogP contribution >= 0.6 is 23.8 Å². The van der Waals surface area contributed by atoms with Crippen molar-refractivity contribution in [2.45, 2.75) is 45.4 Å². The normalized spacial score (nSPS) is 19.8. The number of rotatable bonds is 8. The largest absolute Gasteiger partial charge is 0.489 e. The lowest BCUT2D eigenvalue weighted by Crippen LogP contribution is -2.44. The molecule has 1 unspecified atom stereocenters. The van der Waals surface area contributed by atoms with Crippen LogP contribution in [0.15, 0.2) is 47.9 Å². The summed E-state index contributed by atoms with van der Waals surface area (Å²) < 4.78 is 17.7. The predicted molar refractivity (Wildman–Crippen MR) is 143 cm³/mol. The maximum Gasteiger partial charge on any atom is 0.263 e. The molecular formula is C26H31ClN4O4S. The van der Waals surface area contributed by atoms with Crippen LogP contribution in [0.25, 0.3) is 0 Å². The van der Waals surface area contributed by atoms with Gasteiger partial charge in [-0.25, -0.2) is 0 Å². The van der Waals surface area contributed by atoms with Crippen molar-refractivity contribution in [1.29, 1.82) is 0 Å². The number of nitrogens with two attached hydrogens (primary N) is 1. The molecule has 0 radical (unpaired) electrons. The monoisotopic (exact) mass is 530 g/mol. The van der Waals surface area contributed by atoms with E-state index in [4.69, 9.17) is 43.8 Å². The Hall–Kier alpha value is -2.72. The molecule has 2 aliphatic heterocycles. The molecule has 0 saturated carbocycles. The fourth-order valence-electron chi connectivity index (χ4n) is 4.16. The van der Waals surface area contributed by atoms with E-state index in [1.54, 1.807) is 23.4 Å². The number of ether oxygens (including phenoxy) is 3. The van der Waals surface area contributed by atoms with Crippen molar-refractivity contribution in [2.24, 2.45) is 5.73 Å². The summed E-state index contributed by atoms with van der Waals surface area (Å²) in [6.45, 7) is 8.10. The summed E-state index contributed by atoms with van der Waals surface area (Å²) in [7, 11) is 0. The SMILES string of the molecule is Cc1c(Cl)cccc1N1CCC(NCc2ccncc2OCC2COC(C)(C)CO2)=C(C(N)=S)C1=O. The van der Waals surface area contributed by atoms with Gasteiger partial charge in [-0.15, -0.1) is 0 Å². The number of amides is 1. The van der Waals surface area contributed by atoms with E-state index in [1.165, 1.54) is 0 Å². The molecule has 8 nitrogen and oxygen atoms in total. The zero-order valence-corrected chi connectivity index (χ0v) is 22.2. The minimum atomic E-state index is -0.284. The third-order valence-corrected chi connectivity index (χ3v) is 6.85. The van der Waals surface area contributed by atoms with Crippen LogP contribution in [0.3, 0.4) is 0 Å². The zero-order valence-electron chi connectivity index (χ0n) is 20.7. The molecule has 2 aromatic rings. The Labute approximate surface area is 221 Å². The Balaban J connectivity index is 1.46. The highest BCUT2D eigenvalue weighted by Gasteiger charge is 2.31. The first-order valence-corrected chi connectivity index (χ1v) is 12.6. The van der Waals surface area contributed by atoms with Gasteiger partial charge in [0.1, 0.15) is 23.4 Å². The number of nitrogens with one attached hydrogen (secondary N) is 1. The number of aromatic nitrogens is 1. The molecule has 1 amide bonds. The van der Waals surface area contributed by atoms with Crippen molar-refractivity contribution < 1.29 is 19.0 Å². The molecule has 0 bridgehead atoms. The topological polar surface area (TPSA) is 98.9 Å². The standard InChI is InChI=1S/C26H31ClN4O4S/c1-16-19(27)5-4-6-21(16)31-10-8-20(23(24(28)36)25(31)32)30-11-17-7-9-29-12-22(17)33-13-18-14-35-26(2,3)15-34-18/h4-7,9,12,18,30H,8,10-11,13-15H2,1-3H3,(H2,28,36). The van der Waals surface area contributed by atoms with E-state index in [0.717, 1.165) is 16.8 Å². The van der Waals surface area contributed by atoms with Crippen molar-refractivity contribution >= 4 is 40.4 Å². The van der Waals surface area contributed by atoms with E-state index in [1.807, 2.05) is 39.0 Å². The third kappa shape index (κ3) is 5.98. The van der Waals surface area contributed by atoms with Crippen LogP contribution in [0, 0.1) is 6.92 Å². The molecule has 2 aliphatic rings. The molecule has 0 spiro atoms. The van der Waals surface area contributed by atoms with Crippen molar-refractivity contribution in [2.75, 3.05) is 31.3 Å². The number of benzene rings is 1. The number of pyridine rings is 1. The fraction of sp³-hybridized carbons (Fsp3) is 0.423. The molecule has 1 aromatic carbocycles.